The van der Waals surface area contributed by atoms with Crippen molar-refractivity contribution in [1.82, 2.24) is 9.29 Å². The Kier molecular flexibility index (Phi) is 7.11. The van der Waals surface area contributed by atoms with Crippen LogP contribution in [0, 0.1) is 12.8 Å². The Morgan fingerprint density at radius 2 is 1.86 bits per heavy atom. The molecule has 0 radical (unpaired) electrons. The predicted molar refractivity (Wildman–Crippen MR) is 142 cm³/mol. The van der Waals surface area contributed by atoms with Gasteiger partial charge in [-0.15, -0.1) is 0 Å². The highest BCUT2D eigenvalue weighted by atomic mass is 35.5. The molecule has 1 amide bonds. The Morgan fingerprint density at radius 3 is 2.50 bits per heavy atom. The number of thiazole rings is 1. The molecule has 0 spiro atoms. The smallest absolute Gasteiger partial charge is 0.243 e. The maximum Gasteiger partial charge on any atom is 0.243 e. The zero-order chi connectivity index (χ0) is 25.4. The van der Waals surface area contributed by atoms with Gasteiger partial charge in [0.25, 0.3) is 0 Å². The molecule has 1 aliphatic heterocycles. The molecule has 36 heavy (non-hydrogen) atoms. The van der Waals surface area contributed by atoms with Crippen LogP contribution in [0.2, 0.25) is 10.0 Å². The second-order valence-electron chi connectivity index (χ2n) is 8.67. The van der Waals surface area contributed by atoms with Gasteiger partial charge in [0.2, 0.25) is 15.9 Å². The van der Waals surface area contributed by atoms with Crippen molar-refractivity contribution in [3.63, 3.8) is 0 Å². The number of nitrogens with zero attached hydrogens (tertiary/aromatic N) is 3. The summed E-state index contributed by atoms with van der Waals surface area (Å²) in [5.41, 5.74) is 1.74. The van der Waals surface area contributed by atoms with E-state index in [2.05, 4.69) is 0 Å². The number of benzene rings is 2. The monoisotopic (exact) mass is 563 g/mol. The molecular formula is C25H23Cl2N3O4S2. The lowest BCUT2D eigenvalue weighted by molar-refractivity contribution is -0.123. The lowest BCUT2D eigenvalue weighted by Gasteiger charge is -2.32. The number of hydrogen-bond donors (Lipinski definition) is 0. The highest BCUT2D eigenvalue weighted by Gasteiger charge is 2.35. The zero-order valence-electron chi connectivity index (χ0n) is 19.4. The minimum atomic E-state index is -3.66. The lowest BCUT2D eigenvalue weighted by atomic mass is 9.96. The Bertz CT molecular complexity index is 1460. The van der Waals surface area contributed by atoms with E-state index in [1.54, 1.807) is 29.4 Å². The van der Waals surface area contributed by atoms with E-state index < -0.39 is 10.0 Å². The molecule has 2 aromatic carbocycles. The number of furan rings is 1. The standard InChI is InChI=1S/C25H23Cl2N3O4S2/c1-16-4-9-21(27)23-22(16)28-25(35-23)30(15-19-3-2-14-34-19)24(31)17-10-12-29(13-11-17)36(32,33)20-7-5-18(26)6-8-20/h2-9,14,17H,10-13,15H2,1H3. The number of carbonyl (C=O) groups excluding carboxylic acids is 1. The molecule has 0 aliphatic carbocycles. The first-order valence-electron chi connectivity index (χ1n) is 11.4. The zero-order valence-corrected chi connectivity index (χ0v) is 22.5. The van der Waals surface area contributed by atoms with Crippen molar-refractivity contribution in [2.24, 2.45) is 5.92 Å². The van der Waals surface area contributed by atoms with Crippen LogP contribution in [0.4, 0.5) is 5.13 Å². The number of piperidine rings is 1. The van der Waals surface area contributed by atoms with Crippen LogP contribution in [0.15, 0.2) is 64.1 Å². The van der Waals surface area contributed by atoms with E-state index in [-0.39, 0.29) is 36.4 Å². The van der Waals surface area contributed by atoms with Crippen molar-refractivity contribution in [3.05, 3.63) is 76.2 Å². The van der Waals surface area contributed by atoms with Gasteiger partial charge in [0.15, 0.2) is 5.13 Å². The van der Waals surface area contributed by atoms with Crippen molar-refractivity contribution >= 4 is 65.8 Å². The van der Waals surface area contributed by atoms with Gasteiger partial charge in [-0.1, -0.05) is 40.6 Å². The molecule has 1 fully saturated rings. The molecule has 4 aromatic rings. The summed E-state index contributed by atoms with van der Waals surface area (Å²) < 4.78 is 33.9. The van der Waals surface area contributed by atoms with Gasteiger partial charge in [-0.2, -0.15) is 4.31 Å². The van der Waals surface area contributed by atoms with Gasteiger partial charge in [-0.05, 0) is 67.8 Å². The van der Waals surface area contributed by atoms with Crippen molar-refractivity contribution in [1.29, 1.82) is 0 Å². The van der Waals surface area contributed by atoms with E-state index in [1.807, 2.05) is 25.1 Å². The van der Waals surface area contributed by atoms with Crippen molar-refractivity contribution in [2.45, 2.75) is 31.2 Å². The third-order valence-corrected chi connectivity index (χ3v) is 10.0. The highest BCUT2D eigenvalue weighted by molar-refractivity contribution is 7.89. The number of amides is 1. The number of halogens is 2. The van der Waals surface area contributed by atoms with E-state index in [9.17, 15) is 13.2 Å². The minimum Gasteiger partial charge on any atom is -0.467 e. The first-order valence-corrected chi connectivity index (χ1v) is 14.4. The first kappa shape index (κ1) is 25.2. The molecule has 188 valence electrons. The summed E-state index contributed by atoms with van der Waals surface area (Å²) in [4.78, 5) is 20.3. The van der Waals surface area contributed by atoms with E-state index >= 15 is 0 Å². The highest BCUT2D eigenvalue weighted by Crippen LogP contribution is 2.37. The van der Waals surface area contributed by atoms with Gasteiger partial charge in [-0.3, -0.25) is 9.69 Å². The number of aromatic nitrogens is 1. The Balaban J connectivity index is 1.38. The largest absolute Gasteiger partial charge is 0.467 e. The molecule has 0 atom stereocenters. The molecular weight excluding hydrogens is 541 g/mol. The quantitative estimate of drug-likeness (QED) is 0.281. The fourth-order valence-electron chi connectivity index (χ4n) is 4.32. The molecule has 3 heterocycles. The number of aryl methyl sites for hydroxylation is 1. The van der Waals surface area contributed by atoms with Gasteiger partial charge in [0, 0.05) is 24.0 Å². The van der Waals surface area contributed by atoms with E-state index in [4.69, 9.17) is 32.6 Å². The summed E-state index contributed by atoms with van der Waals surface area (Å²) in [7, 11) is -3.66. The maximum atomic E-state index is 13.8. The maximum absolute atomic E-state index is 13.8. The summed E-state index contributed by atoms with van der Waals surface area (Å²) >= 11 is 13.7. The summed E-state index contributed by atoms with van der Waals surface area (Å²) in [6, 6.07) is 13.4. The molecule has 1 saturated heterocycles. The Labute approximate surface area is 223 Å². The number of rotatable bonds is 6. The molecule has 0 bridgehead atoms. The van der Waals surface area contributed by atoms with Gasteiger partial charge in [-0.25, -0.2) is 13.4 Å². The fourth-order valence-corrected chi connectivity index (χ4v) is 7.24. The molecule has 0 unspecified atom stereocenters. The van der Waals surface area contributed by atoms with Gasteiger partial charge in [0.1, 0.15) is 5.76 Å². The first-order chi connectivity index (χ1) is 17.2. The van der Waals surface area contributed by atoms with Crippen molar-refractivity contribution in [3.8, 4) is 0 Å². The lowest BCUT2D eigenvalue weighted by Crippen LogP contribution is -2.44. The molecule has 2 aromatic heterocycles. The number of hydrogen-bond acceptors (Lipinski definition) is 6. The third kappa shape index (κ3) is 4.90. The van der Waals surface area contributed by atoms with Crippen LogP contribution in [0.25, 0.3) is 10.2 Å². The average molecular weight is 565 g/mol. The van der Waals surface area contributed by atoms with Crippen molar-refractivity contribution < 1.29 is 17.6 Å². The van der Waals surface area contributed by atoms with Crippen LogP contribution in [-0.2, 0) is 21.4 Å². The van der Waals surface area contributed by atoms with E-state index in [0.29, 0.717) is 33.8 Å². The molecule has 11 heteroatoms. The summed E-state index contributed by atoms with van der Waals surface area (Å²) in [6.07, 6.45) is 2.38. The number of carbonyl (C=O) groups is 1. The Morgan fingerprint density at radius 1 is 1.14 bits per heavy atom. The second-order valence-corrected chi connectivity index (χ2v) is 12.4. The third-order valence-electron chi connectivity index (χ3n) is 6.33. The van der Waals surface area contributed by atoms with Crippen LogP contribution in [-0.4, -0.2) is 36.7 Å². The predicted octanol–water partition coefficient (Wildman–Crippen LogP) is 6.14. The SMILES string of the molecule is Cc1ccc(Cl)c2sc(N(Cc3ccco3)C(=O)C3CCN(S(=O)(=O)c4ccc(Cl)cc4)CC3)nc12. The van der Waals surface area contributed by atoms with E-state index in [0.717, 1.165) is 15.8 Å². The summed E-state index contributed by atoms with van der Waals surface area (Å²) in [6.45, 7) is 2.69. The molecule has 5 rings (SSSR count). The van der Waals surface area contributed by atoms with Crippen LogP contribution < -0.4 is 4.90 Å². The second kappa shape index (κ2) is 10.1. The molecule has 0 saturated carbocycles. The normalized spacial score (nSPS) is 15.4. The van der Waals surface area contributed by atoms with E-state index in [1.165, 1.54) is 27.8 Å². The summed E-state index contributed by atoms with van der Waals surface area (Å²) in [5, 5.41) is 1.60. The topological polar surface area (TPSA) is 83.7 Å². The van der Waals surface area contributed by atoms with Gasteiger partial charge >= 0.3 is 0 Å². The minimum absolute atomic E-state index is 0.109. The van der Waals surface area contributed by atoms with Gasteiger partial charge < -0.3 is 4.42 Å². The van der Waals surface area contributed by atoms with Crippen molar-refractivity contribution in [2.75, 3.05) is 18.0 Å². The average Bonchev–Trinajstić information content (AvgIpc) is 3.56. The Hall–Kier alpha value is -2.43. The molecule has 7 nitrogen and oxygen atoms in total. The molecule has 0 N–H and O–H groups in total. The van der Waals surface area contributed by atoms with Crippen LogP contribution in [0.1, 0.15) is 24.2 Å². The number of fused-ring (bicyclic) bond motifs is 1. The number of anilines is 1. The van der Waals surface area contributed by atoms with Crippen LogP contribution >= 0.6 is 34.5 Å². The van der Waals surface area contributed by atoms with Gasteiger partial charge in [0.05, 0.1) is 32.9 Å². The van der Waals surface area contributed by atoms with Crippen LogP contribution in [0.3, 0.4) is 0 Å². The van der Waals surface area contributed by atoms with Crippen LogP contribution in [0.5, 0.6) is 0 Å². The fraction of sp³-hybridized carbons (Fsp3) is 0.280. The summed E-state index contributed by atoms with van der Waals surface area (Å²) in [5.74, 6) is 0.177. The number of sulfonamides is 1. The molecule has 1 aliphatic rings.